The van der Waals surface area contributed by atoms with Crippen LogP contribution >= 0.6 is 0 Å². The van der Waals surface area contributed by atoms with Crippen molar-refractivity contribution in [2.24, 2.45) is 0 Å². The number of carbonyl (C=O) groups excluding carboxylic acids is 1. The second-order valence-electron chi connectivity index (χ2n) is 5.12. The van der Waals surface area contributed by atoms with Crippen LogP contribution < -0.4 is 10.1 Å². The summed E-state index contributed by atoms with van der Waals surface area (Å²) < 4.78 is 10.6. The Balaban J connectivity index is 1.87. The van der Waals surface area contributed by atoms with Gasteiger partial charge in [-0.1, -0.05) is 12.1 Å². The third kappa shape index (κ3) is 5.85. The maximum atomic E-state index is 12.0. The number of methoxy groups -OCH3 is 1. The summed E-state index contributed by atoms with van der Waals surface area (Å²) in [7, 11) is 1.64. The Hall–Kier alpha value is -3.00. The normalized spacial score (nSPS) is 10.3. The van der Waals surface area contributed by atoms with Crippen LogP contribution in [0.15, 0.2) is 36.7 Å². The van der Waals surface area contributed by atoms with Crippen molar-refractivity contribution in [1.82, 2.24) is 15.3 Å². The van der Waals surface area contributed by atoms with Gasteiger partial charge in [0, 0.05) is 26.7 Å². The molecule has 2 aromatic rings. The van der Waals surface area contributed by atoms with Gasteiger partial charge in [0.1, 0.15) is 11.4 Å². The monoisotopic (exact) mass is 345 g/mol. The molecular weight excluding hydrogens is 326 g/mol. The minimum atomic E-state index is -1.19. The van der Waals surface area contributed by atoms with Crippen LogP contribution in [0.25, 0.3) is 0 Å². The van der Waals surface area contributed by atoms with Gasteiger partial charge in [-0.25, -0.2) is 14.8 Å². The Kier molecular flexibility index (Phi) is 6.85. The van der Waals surface area contributed by atoms with E-state index in [0.717, 1.165) is 24.4 Å². The largest absolute Gasteiger partial charge is 0.493 e. The highest BCUT2D eigenvalue weighted by molar-refractivity contribution is 5.92. The van der Waals surface area contributed by atoms with Gasteiger partial charge < -0.3 is 19.9 Å². The number of hydrogen-bond acceptors (Lipinski definition) is 6. The zero-order valence-electron chi connectivity index (χ0n) is 13.8. The van der Waals surface area contributed by atoms with Crippen LogP contribution in [-0.4, -0.2) is 47.3 Å². The maximum absolute atomic E-state index is 12.0. The Bertz CT molecular complexity index is 718. The molecule has 132 valence electrons. The predicted octanol–water partition coefficient (Wildman–Crippen LogP) is 1.52. The molecule has 0 spiro atoms. The Morgan fingerprint density at radius 1 is 1.16 bits per heavy atom. The van der Waals surface area contributed by atoms with E-state index < -0.39 is 11.9 Å². The molecule has 1 amide bonds. The summed E-state index contributed by atoms with van der Waals surface area (Å²) >= 11 is 0. The fourth-order valence-corrected chi connectivity index (χ4v) is 1.97. The number of ether oxygens (including phenoxy) is 2. The number of aromatic carboxylic acids is 1. The van der Waals surface area contributed by atoms with Gasteiger partial charge in [0.05, 0.1) is 19.0 Å². The highest BCUT2D eigenvalue weighted by Gasteiger charge is 2.10. The maximum Gasteiger partial charge on any atom is 0.356 e. The van der Waals surface area contributed by atoms with Gasteiger partial charge in [-0.2, -0.15) is 0 Å². The lowest BCUT2D eigenvalue weighted by molar-refractivity contribution is 0.0689. The highest BCUT2D eigenvalue weighted by atomic mass is 16.5. The summed E-state index contributed by atoms with van der Waals surface area (Å²) in [5.41, 5.74) is 0.708. The summed E-state index contributed by atoms with van der Waals surface area (Å²) in [4.78, 5) is 30.2. The third-order valence-electron chi connectivity index (χ3n) is 3.22. The van der Waals surface area contributed by atoms with Crippen LogP contribution in [0, 0.1) is 0 Å². The second-order valence-corrected chi connectivity index (χ2v) is 5.12. The number of amides is 1. The van der Waals surface area contributed by atoms with Gasteiger partial charge in [0.2, 0.25) is 0 Å². The minimum absolute atomic E-state index is 0.0528. The van der Waals surface area contributed by atoms with Gasteiger partial charge in [0.15, 0.2) is 5.69 Å². The number of carbonyl (C=O) groups is 2. The van der Waals surface area contributed by atoms with Crippen molar-refractivity contribution < 1.29 is 24.2 Å². The summed E-state index contributed by atoms with van der Waals surface area (Å²) in [5, 5.41) is 11.5. The van der Waals surface area contributed by atoms with Crippen molar-refractivity contribution in [1.29, 1.82) is 0 Å². The zero-order chi connectivity index (χ0) is 18.1. The van der Waals surface area contributed by atoms with E-state index >= 15 is 0 Å². The number of carboxylic acid groups (broad SMARTS) is 1. The van der Waals surface area contributed by atoms with E-state index in [-0.39, 0.29) is 17.9 Å². The van der Waals surface area contributed by atoms with Crippen molar-refractivity contribution >= 4 is 11.9 Å². The molecular formula is C17H19N3O5. The summed E-state index contributed by atoms with van der Waals surface area (Å²) in [6.07, 6.45) is 2.97. The fraction of sp³-hybridized carbons (Fsp3) is 0.294. The number of nitrogens with one attached hydrogen (secondary N) is 1. The molecule has 0 saturated heterocycles. The Morgan fingerprint density at radius 2 is 1.92 bits per heavy atom. The van der Waals surface area contributed by atoms with Crippen LogP contribution in [-0.2, 0) is 11.3 Å². The lowest BCUT2D eigenvalue weighted by atomic mass is 10.2. The number of nitrogens with zero attached hydrogens (tertiary/aromatic N) is 2. The molecule has 2 N–H and O–H groups in total. The lowest BCUT2D eigenvalue weighted by Crippen LogP contribution is -2.24. The molecule has 0 fully saturated rings. The first-order chi connectivity index (χ1) is 12.1. The number of hydrogen-bond donors (Lipinski definition) is 2. The topological polar surface area (TPSA) is 111 Å². The van der Waals surface area contributed by atoms with Crippen LogP contribution in [0.2, 0.25) is 0 Å². The minimum Gasteiger partial charge on any atom is -0.493 e. The van der Waals surface area contributed by atoms with E-state index in [1.54, 1.807) is 7.11 Å². The average Bonchev–Trinajstić information content (AvgIpc) is 2.64. The van der Waals surface area contributed by atoms with Crippen LogP contribution in [0.5, 0.6) is 5.75 Å². The summed E-state index contributed by atoms with van der Waals surface area (Å²) in [6.45, 7) is 1.48. The van der Waals surface area contributed by atoms with Gasteiger partial charge in [-0.05, 0) is 17.7 Å². The predicted molar refractivity (Wildman–Crippen MR) is 88.6 cm³/mol. The molecule has 0 saturated carbocycles. The number of benzene rings is 1. The quantitative estimate of drug-likeness (QED) is 0.663. The molecule has 0 radical (unpaired) electrons. The SMILES string of the molecule is COCCCOc1cccc(CNC(=O)c2cnc(C(=O)O)cn2)c1. The van der Waals surface area contributed by atoms with Crippen molar-refractivity contribution in [3.8, 4) is 5.75 Å². The van der Waals surface area contributed by atoms with E-state index in [0.29, 0.717) is 19.0 Å². The van der Waals surface area contributed by atoms with Gasteiger partial charge in [0.25, 0.3) is 5.91 Å². The molecule has 8 nitrogen and oxygen atoms in total. The molecule has 0 aliphatic heterocycles. The molecule has 1 heterocycles. The molecule has 8 heteroatoms. The molecule has 2 rings (SSSR count). The highest BCUT2D eigenvalue weighted by Crippen LogP contribution is 2.13. The fourth-order valence-electron chi connectivity index (χ4n) is 1.97. The van der Waals surface area contributed by atoms with E-state index in [4.69, 9.17) is 14.6 Å². The molecule has 0 bridgehead atoms. The molecule has 1 aromatic heterocycles. The third-order valence-corrected chi connectivity index (χ3v) is 3.22. The molecule has 0 aliphatic carbocycles. The lowest BCUT2D eigenvalue weighted by Gasteiger charge is -2.09. The standard InChI is InChI=1S/C17H19N3O5/c1-24-6-3-7-25-13-5-2-4-12(8-13)9-20-16(21)14-10-19-15(11-18-14)17(22)23/h2,4-5,8,10-11H,3,6-7,9H2,1H3,(H,20,21)(H,22,23). The summed E-state index contributed by atoms with van der Waals surface area (Å²) in [6, 6.07) is 7.39. The van der Waals surface area contributed by atoms with Crippen LogP contribution in [0.3, 0.4) is 0 Å². The molecule has 0 aliphatic rings. The van der Waals surface area contributed by atoms with Crippen molar-refractivity contribution in [2.75, 3.05) is 20.3 Å². The first-order valence-electron chi connectivity index (χ1n) is 7.64. The van der Waals surface area contributed by atoms with Gasteiger partial charge in [-0.15, -0.1) is 0 Å². The van der Waals surface area contributed by atoms with Crippen molar-refractivity contribution in [2.45, 2.75) is 13.0 Å². The van der Waals surface area contributed by atoms with Gasteiger partial charge in [-0.3, -0.25) is 4.79 Å². The first kappa shape index (κ1) is 18.3. The average molecular weight is 345 g/mol. The van der Waals surface area contributed by atoms with E-state index in [9.17, 15) is 9.59 Å². The smallest absolute Gasteiger partial charge is 0.356 e. The number of rotatable bonds is 9. The molecule has 0 unspecified atom stereocenters. The van der Waals surface area contributed by atoms with E-state index in [2.05, 4.69) is 15.3 Å². The number of carboxylic acids is 1. The Morgan fingerprint density at radius 3 is 2.60 bits per heavy atom. The Labute approximate surface area is 144 Å². The van der Waals surface area contributed by atoms with Crippen LogP contribution in [0.1, 0.15) is 33.0 Å². The molecule has 1 aromatic carbocycles. The second kappa shape index (κ2) is 9.33. The first-order valence-corrected chi connectivity index (χ1v) is 7.64. The zero-order valence-corrected chi connectivity index (χ0v) is 13.8. The summed E-state index contributed by atoms with van der Waals surface area (Å²) in [5.74, 6) is -0.911. The van der Waals surface area contributed by atoms with Crippen LogP contribution in [0.4, 0.5) is 0 Å². The van der Waals surface area contributed by atoms with Crippen molar-refractivity contribution in [3.63, 3.8) is 0 Å². The van der Waals surface area contributed by atoms with Crippen molar-refractivity contribution in [3.05, 3.63) is 53.6 Å². The van der Waals surface area contributed by atoms with E-state index in [1.807, 2.05) is 24.3 Å². The van der Waals surface area contributed by atoms with Gasteiger partial charge >= 0.3 is 5.97 Å². The molecule has 0 atom stereocenters. The molecule has 25 heavy (non-hydrogen) atoms. The number of aromatic nitrogens is 2. The van der Waals surface area contributed by atoms with E-state index in [1.165, 1.54) is 0 Å².